The molecule has 0 heterocycles. The largest absolute Gasteiger partial charge is 0.377 e. The van der Waals surface area contributed by atoms with Crippen molar-refractivity contribution in [2.75, 3.05) is 13.2 Å². The van der Waals surface area contributed by atoms with Gasteiger partial charge in [-0.15, -0.1) is 12.3 Å². The molecule has 0 aromatic rings. The van der Waals surface area contributed by atoms with Crippen LogP contribution in [0.5, 0.6) is 0 Å². The van der Waals surface area contributed by atoms with Crippen molar-refractivity contribution in [2.45, 2.75) is 39.3 Å². The van der Waals surface area contributed by atoms with E-state index >= 15 is 0 Å². The average Bonchev–Trinajstić information content (AvgIpc) is 2.01. The summed E-state index contributed by atoms with van der Waals surface area (Å²) in [5.41, 5.74) is 0. The molecule has 70 valence electrons. The van der Waals surface area contributed by atoms with Crippen LogP contribution in [0.3, 0.4) is 0 Å². The van der Waals surface area contributed by atoms with Crippen molar-refractivity contribution in [1.29, 1.82) is 0 Å². The Bertz CT molecular complexity index is 137. The highest BCUT2D eigenvalue weighted by Crippen LogP contribution is 1.95. The molecule has 0 aliphatic rings. The van der Waals surface area contributed by atoms with Gasteiger partial charge in [0, 0.05) is 12.5 Å². The topological polar surface area (TPSA) is 21.3 Å². The summed E-state index contributed by atoms with van der Waals surface area (Å²) in [6, 6.07) is 0.308. The maximum atomic E-state index is 5.45. The molecule has 0 amide bonds. The summed E-state index contributed by atoms with van der Waals surface area (Å²) in [5, 5.41) is 3.27. The van der Waals surface area contributed by atoms with Crippen LogP contribution in [0.1, 0.15) is 27.2 Å². The first kappa shape index (κ1) is 11.5. The number of terminal acetylenes is 1. The molecular weight excluding hydrogens is 150 g/mol. The number of hydrogen-bond donors (Lipinski definition) is 1. The minimum atomic E-state index is 0.281. The van der Waals surface area contributed by atoms with Gasteiger partial charge in [0.25, 0.3) is 0 Å². The van der Waals surface area contributed by atoms with E-state index in [2.05, 4.69) is 18.2 Å². The third kappa shape index (κ3) is 6.21. The Balaban J connectivity index is 3.56. The lowest BCUT2D eigenvalue weighted by atomic mass is 10.2. The van der Waals surface area contributed by atoms with Crippen LogP contribution in [0.4, 0.5) is 0 Å². The Morgan fingerprint density at radius 2 is 2.17 bits per heavy atom. The van der Waals surface area contributed by atoms with Gasteiger partial charge in [0.1, 0.15) is 0 Å². The fourth-order valence-electron chi connectivity index (χ4n) is 0.930. The summed E-state index contributed by atoms with van der Waals surface area (Å²) in [4.78, 5) is 0. The van der Waals surface area contributed by atoms with E-state index < -0.39 is 0 Å². The molecule has 0 spiro atoms. The van der Waals surface area contributed by atoms with Crippen molar-refractivity contribution in [3.05, 3.63) is 0 Å². The van der Waals surface area contributed by atoms with Crippen LogP contribution in [0.15, 0.2) is 0 Å². The van der Waals surface area contributed by atoms with Crippen LogP contribution in [0.25, 0.3) is 0 Å². The van der Waals surface area contributed by atoms with Crippen molar-refractivity contribution >= 4 is 0 Å². The van der Waals surface area contributed by atoms with Gasteiger partial charge in [-0.05, 0) is 20.4 Å². The first-order valence-corrected chi connectivity index (χ1v) is 4.49. The summed E-state index contributed by atoms with van der Waals surface area (Å²) >= 11 is 0. The zero-order valence-corrected chi connectivity index (χ0v) is 8.26. The van der Waals surface area contributed by atoms with E-state index in [1.807, 2.05) is 13.8 Å². The highest BCUT2D eigenvalue weighted by Gasteiger charge is 2.05. The molecule has 0 fully saturated rings. The van der Waals surface area contributed by atoms with Crippen LogP contribution in [0, 0.1) is 12.3 Å². The molecule has 1 atom stereocenters. The molecule has 0 aromatic carbocycles. The second-order valence-corrected chi connectivity index (χ2v) is 3.04. The van der Waals surface area contributed by atoms with Gasteiger partial charge in [0.15, 0.2) is 0 Å². The second-order valence-electron chi connectivity index (χ2n) is 3.04. The van der Waals surface area contributed by atoms with Crippen molar-refractivity contribution in [2.24, 2.45) is 0 Å². The molecule has 0 aliphatic heterocycles. The molecule has 0 aliphatic carbocycles. The van der Waals surface area contributed by atoms with Crippen LogP contribution in [-0.4, -0.2) is 25.3 Å². The maximum absolute atomic E-state index is 5.45. The SMILES string of the molecule is C#CCC(COC(C)C)NCC. The van der Waals surface area contributed by atoms with Crippen molar-refractivity contribution in [1.82, 2.24) is 5.32 Å². The number of nitrogens with one attached hydrogen (secondary N) is 1. The zero-order chi connectivity index (χ0) is 9.40. The molecule has 0 rings (SSSR count). The quantitative estimate of drug-likeness (QED) is 0.607. The summed E-state index contributed by atoms with van der Waals surface area (Å²) in [6.07, 6.45) is 6.24. The first-order chi connectivity index (χ1) is 5.70. The number of likely N-dealkylation sites (N-methyl/N-ethyl adjacent to an activating group) is 1. The van der Waals surface area contributed by atoms with Gasteiger partial charge in [-0.1, -0.05) is 6.92 Å². The summed E-state index contributed by atoms with van der Waals surface area (Å²) < 4.78 is 5.45. The van der Waals surface area contributed by atoms with Gasteiger partial charge >= 0.3 is 0 Å². The maximum Gasteiger partial charge on any atom is 0.0632 e. The lowest BCUT2D eigenvalue weighted by Gasteiger charge is -2.16. The lowest BCUT2D eigenvalue weighted by Crippen LogP contribution is -2.33. The highest BCUT2D eigenvalue weighted by atomic mass is 16.5. The van der Waals surface area contributed by atoms with Crippen LogP contribution < -0.4 is 5.32 Å². The van der Waals surface area contributed by atoms with Gasteiger partial charge in [-0.3, -0.25) is 0 Å². The van der Waals surface area contributed by atoms with Gasteiger partial charge in [-0.25, -0.2) is 0 Å². The summed E-state index contributed by atoms with van der Waals surface area (Å²) in [5.74, 6) is 2.63. The molecule has 0 bridgehead atoms. The highest BCUT2D eigenvalue weighted by molar-refractivity contribution is 4.89. The Morgan fingerprint density at radius 1 is 1.50 bits per heavy atom. The van der Waals surface area contributed by atoms with Gasteiger partial charge in [0.2, 0.25) is 0 Å². The molecule has 0 saturated heterocycles. The van der Waals surface area contributed by atoms with Crippen LogP contribution in [-0.2, 0) is 4.74 Å². The fourth-order valence-corrected chi connectivity index (χ4v) is 0.930. The Kier molecular flexibility index (Phi) is 6.84. The van der Waals surface area contributed by atoms with E-state index in [1.54, 1.807) is 0 Å². The van der Waals surface area contributed by atoms with Crippen LogP contribution in [0.2, 0.25) is 0 Å². The summed E-state index contributed by atoms with van der Waals surface area (Å²) in [6.45, 7) is 7.76. The minimum Gasteiger partial charge on any atom is -0.377 e. The van der Waals surface area contributed by atoms with Gasteiger partial charge in [-0.2, -0.15) is 0 Å². The number of hydrogen-bond acceptors (Lipinski definition) is 2. The smallest absolute Gasteiger partial charge is 0.0632 e. The second kappa shape index (κ2) is 7.15. The molecule has 2 heteroatoms. The third-order valence-electron chi connectivity index (χ3n) is 1.49. The predicted octanol–water partition coefficient (Wildman–Crippen LogP) is 1.41. The zero-order valence-electron chi connectivity index (χ0n) is 8.26. The molecule has 2 nitrogen and oxygen atoms in total. The monoisotopic (exact) mass is 169 g/mol. The first-order valence-electron chi connectivity index (χ1n) is 4.49. The van der Waals surface area contributed by atoms with E-state index in [0.717, 1.165) is 13.0 Å². The van der Waals surface area contributed by atoms with E-state index in [4.69, 9.17) is 11.2 Å². The molecule has 0 radical (unpaired) electrons. The van der Waals surface area contributed by atoms with Crippen molar-refractivity contribution in [3.63, 3.8) is 0 Å². The number of ether oxygens (including phenoxy) is 1. The molecule has 0 saturated carbocycles. The van der Waals surface area contributed by atoms with Gasteiger partial charge in [0.05, 0.1) is 12.7 Å². The minimum absolute atomic E-state index is 0.281. The summed E-state index contributed by atoms with van der Waals surface area (Å²) in [7, 11) is 0. The van der Waals surface area contributed by atoms with Crippen molar-refractivity contribution < 1.29 is 4.74 Å². The van der Waals surface area contributed by atoms with E-state index in [1.165, 1.54) is 0 Å². The molecule has 12 heavy (non-hydrogen) atoms. The predicted molar refractivity (Wildman–Crippen MR) is 52.0 cm³/mol. The Morgan fingerprint density at radius 3 is 2.58 bits per heavy atom. The van der Waals surface area contributed by atoms with E-state index in [-0.39, 0.29) is 6.10 Å². The lowest BCUT2D eigenvalue weighted by molar-refractivity contribution is 0.0625. The molecule has 1 N–H and O–H groups in total. The van der Waals surface area contributed by atoms with Crippen LogP contribution >= 0.6 is 0 Å². The average molecular weight is 169 g/mol. The third-order valence-corrected chi connectivity index (χ3v) is 1.49. The normalized spacial score (nSPS) is 12.9. The standard InChI is InChI=1S/C10H19NO/c1-5-7-10(11-6-2)8-12-9(3)4/h1,9-11H,6-8H2,2-4H3. The van der Waals surface area contributed by atoms with Gasteiger partial charge < -0.3 is 10.1 Å². The molecule has 1 unspecified atom stereocenters. The fraction of sp³-hybridized carbons (Fsp3) is 0.800. The molecular formula is C10H19NO. The van der Waals surface area contributed by atoms with Crippen molar-refractivity contribution in [3.8, 4) is 12.3 Å². The van der Waals surface area contributed by atoms with E-state index in [9.17, 15) is 0 Å². The number of rotatable bonds is 6. The molecule has 0 aromatic heterocycles. The van der Waals surface area contributed by atoms with E-state index in [0.29, 0.717) is 12.6 Å². The Labute approximate surface area is 75.7 Å². The Hall–Kier alpha value is -0.520.